The minimum Gasteiger partial charge on any atom is -0.387 e. The number of phosphoric ester groups is 1. The zero-order valence-corrected chi connectivity index (χ0v) is 35.1. The molecule has 3 rings (SSSR count). The van der Waals surface area contributed by atoms with Gasteiger partial charge in [-0.2, -0.15) is 10.4 Å². The minimum atomic E-state index is -4.62. The number of rotatable bonds is 34. The Hall–Kier alpha value is -2.18. The van der Waals surface area contributed by atoms with E-state index in [1.807, 2.05) is 6.07 Å². The first-order chi connectivity index (χ1) is 27.2. The topological polar surface area (TPSA) is 204 Å². The van der Waals surface area contributed by atoms with Crippen molar-refractivity contribution in [3.05, 3.63) is 24.2 Å². The molecule has 1 aliphatic rings. The van der Waals surface area contributed by atoms with E-state index >= 15 is 0 Å². The average Bonchev–Trinajstić information content (AvgIpc) is 3.74. The van der Waals surface area contributed by atoms with E-state index in [4.69, 9.17) is 29.0 Å². The lowest BCUT2D eigenvalue weighted by Crippen LogP contribution is -2.41. The molecule has 1 fully saturated rings. The highest BCUT2D eigenvalue weighted by atomic mass is 31.2. The van der Waals surface area contributed by atoms with Crippen molar-refractivity contribution in [2.75, 3.05) is 38.8 Å². The second kappa shape index (κ2) is 27.5. The number of anilines is 1. The van der Waals surface area contributed by atoms with Crippen LogP contribution in [0.25, 0.3) is 5.52 Å². The molecular weight excluding hydrogens is 737 g/mol. The maximum Gasteiger partial charge on any atom is 0.472 e. The van der Waals surface area contributed by atoms with Crippen molar-refractivity contribution >= 4 is 19.2 Å². The van der Waals surface area contributed by atoms with Crippen molar-refractivity contribution in [1.29, 1.82) is 5.26 Å². The Morgan fingerprint density at radius 2 is 1.41 bits per heavy atom. The predicted molar refractivity (Wildman–Crippen MR) is 217 cm³/mol. The smallest absolute Gasteiger partial charge is 0.387 e. The van der Waals surface area contributed by atoms with Crippen LogP contribution in [0.3, 0.4) is 0 Å². The molecule has 6 atom stereocenters. The summed E-state index contributed by atoms with van der Waals surface area (Å²) in [7, 11) is -4.62. The molecule has 320 valence electrons. The molecule has 0 bridgehead atoms. The van der Waals surface area contributed by atoms with Gasteiger partial charge in [0.15, 0.2) is 5.82 Å². The maximum absolute atomic E-state index is 13.0. The van der Waals surface area contributed by atoms with Crippen LogP contribution in [0.15, 0.2) is 18.5 Å². The van der Waals surface area contributed by atoms with Crippen LogP contribution in [0.4, 0.5) is 5.82 Å². The van der Waals surface area contributed by atoms with Gasteiger partial charge in [0.25, 0.3) is 0 Å². The highest BCUT2D eigenvalue weighted by molar-refractivity contribution is 7.47. The number of aliphatic hydroxyl groups excluding tert-OH is 2. The molecular formula is C41H72N5O9P. The van der Waals surface area contributed by atoms with E-state index in [9.17, 15) is 24.9 Å². The van der Waals surface area contributed by atoms with Crippen molar-refractivity contribution in [1.82, 2.24) is 14.6 Å². The van der Waals surface area contributed by atoms with Gasteiger partial charge in [-0.25, -0.2) is 14.1 Å². The molecule has 15 heteroatoms. The van der Waals surface area contributed by atoms with E-state index in [0.29, 0.717) is 18.5 Å². The van der Waals surface area contributed by atoms with Crippen LogP contribution in [-0.2, 0) is 33.4 Å². The van der Waals surface area contributed by atoms with E-state index in [-0.39, 0.29) is 24.2 Å². The summed E-state index contributed by atoms with van der Waals surface area (Å²) in [4.78, 5) is 14.5. The van der Waals surface area contributed by atoms with Crippen LogP contribution in [0.1, 0.15) is 161 Å². The zero-order chi connectivity index (χ0) is 40.5. The Labute approximate surface area is 335 Å². The summed E-state index contributed by atoms with van der Waals surface area (Å²) in [6.07, 6.45) is 21.7. The van der Waals surface area contributed by atoms with Crippen LogP contribution in [-0.4, -0.2) is 87.2 Å². The van der Waals surface area contributed by atoms with Crippen LogP contribution in [0, 0.1) is 11.3 Å². The first-order valence-electron chi connectivity index (χ1n) is 21.5. The van der Waals surface area contributed by atoms with Gasteiger partial charge in [-0.1, -0.05) is 129 Å². The van der Waals surface area contributed by atoms with Crippen LogP contribution in [0.5, 0.6) is 0 Å². The Morgan fingerprint density at radius 1 is 0.857 bits per heavy atom. The highest BCUT2D eigenvalue weighted by Gasteiger charge is 2.58. The summed E-state index contributed by atoms with van der Waals surface area (Å²) in [5.41, 5.74) is 4.36. The highest BCUT2D eigenvalue weighted by Crippen LogP contribution is 2.46. The summed E-state index contributed by atoms with van der Waals surface area (Å²) < 4.78 is 42.7. The number of hydrogen-bond donors (Lipinski definition) is 4. The number of fused-ring (bicyclic) bond motifs is 1. The molecule has 0 saturated carbocycles. The lowest BCUT2D eigenvalue weighted by Gasteiger charge is -2.24. The number of phosphoric acid groups is 1. The normalized spacial score (nSPS) is 21.4. The van der Waals surface area contributed by atoms with Gasteiger partial charge >= 0.3 is 7.82 Å². The molecule has 3 heterocycles. The third-order valence-corrected chi connectivity index (χ3v) is 11.6. The molecule has 0 aromatic carbocycles. The molecule has 0 amide bonds. The monoisotopic (exact) mass is 810 g/mol. The lowest BCUT2D eigenvalue weighted by molar-refractivity contribution is -0.0656. The molecule has 1 saturated heterocycles. The molecule has 2 aromatic rings. The summed E-state index contributed by atoms with van der Waals surface area (Å²) in [5, 5.41) is 36.0. The van der Waals surface area contributed by atoms with Gasteiger partial charge in [-0.05, 0) is 37.8 Å². The summed E-state index contributed by atoms with van der Waals surface area (Å²) in [6, 6.07) is 5.00. The Balaban J connectivity index is 1.37. The van der Waals surface area contributed by atoms with E-state index in [2.05, 4.69) is 23.9 Å². The Bertz CT molecular complexity index is 1430. The summed E-state index contributed by atoms with van der Waals surface area (Å²) in [5.74, 6) is 0.149. The van der Waals surface area contributed by atoms with Crippen molar-refractivity contribution in [3.63, 3.8) is 0 Å². The summed E-state index contributed by atoms with van der Waals surface area (Å²) >= 11 is 0. The third kappa shape index (κ3) is 16.6. The van der Waals surface area contributed by atoms with E-state index < -0.39 is 38.3 Å². The van der Waals surface area contributed by atoms with E-state index in [1.165, 1.54) is 107 Å². The third-order valence-electron chi connectivity index (χ3n) is 10.6. The molecule has 2 unspecified atom stereocenters. The molecule has 0 spiro atoms. The lowest BCUT2D eigenvalue weighted by atomic mass is 9.92. The predicted octanol–water partition coefficient (Wildman–Crippen LogP) is 8.31. The number of nitrogen functional groups attached to an aromatic ring is 1. The number of nitrogens with zero attached hydrogens (tertiary/aromatic N) is 4. The SMILES string of the molecule is CCCCCCCCCOCCCCCCCCCC[C@H](COP(=O)(O)OC[C@H]1O[C@@](C#N)(c2ccc3c(N)ncnn23)[C@@H](O)C1O)OCCCCCCCC. The maximum atomic E-state index is 13.0. The summed E-state index contributed by atoms with van der Waals surface area (Å²) in [6.45, 7) is 5.98. The molecule has 14 nitrogen and oxygen atoms in total. The molecule has 2 aromatic heterocycles. The fourth-order valence-corrected chi connectivity index (χ4v) is 7.94. The Morgan fingerprint density at radius 3 is 2.00 bits per heavy atom. The number of aromatic nitrogens is 3. The number of aliphatic hydroxyl groups is 2. The van der Waals surface area contributed by atoms with Gasteiger partial charge in [0.1, 0.15) is 36.2 Å². The number of nitrogens with two attached hydrogens (primary N) is 1. The van der Waals surface area contributed by atoms with Crippen LogP contribution in [0.2, 0.25) is 0 Å². The van der Waals surface area contributed by atoms with Crippen molar-refractivity contribution in [2.45, 2.75) is 185 Å². The van der Waals surface area contributed by atoms with Gasteiger partial charge in [0, 0.05) is 19.8 Å². The van der Waals surface area contributed by atoms with Crippen molar-refractivity contribution < 1.29 is 42.9 Å². The number of unbranched alkanes of at least 4 members (excludes halogenated alkanes) is 18. The second-order valence-corrected chi connectivity index (χ2v) is 16.7. The number of nitriles is 1. The van der Waals surface area contributed by atoms with Gasteiger partial charge in [0.05, 0.1) is 25.0 Å². The molecule has 56 heavy (non-hydrogen) atoms. The van der Waals surface area contributed by atoms with E-state index in [1.54, 1.807) is 6.07 Å². The molecule has 0 radical (unpaired) electrons. The fourth-order valence-electron chi connectivity index (χ4n) is 7.18. The van der Waals surface area contributed by atoms with Crippen LogP contribution >= 0.6 is 7.82 Å². The van der Waals surface area contributed by atoms with Crippen molar-refractivity contribution in [2.24, 2.45) is 0 Å². The number of hydrogen-bond acceptors (Lipinski definition) is 12. The Kier molecular flexibility index (Phi) is 23.7. The van der Waals surface area contributed by atoms with Crippen LogP contribution < -0.4 is 5.73 Å². The quantitative estimate of drug-likeness (QED) is 0.0388. The first kappa shape index (κ1) is 48.2. The minimum absolute atomic E-state index is 0.113. The number of ether oxygens (including phenoxy) is 3. The van der Waals surface area contributed by atoms with Gasteiger partial charge in [0.2, 0.25) is 5.60 Å². The second-order valence-electron chi connectivity index (χ2n) is 15.3. The zero-order valence-electron chi connectivity index (χ0n) is 34.2. The molecule has 0 aliphatic carbocycles. The van der Waals surface area contributed by atoms with Gasteiger partial charge in [-0.3, -0.25) is 9.05 Å². The van der Waals surface area contributed by atoms with Gasteiger partial charge in [-0.15, -0.1) is 0 Å². The standard InChI is InChI=1S/C41H72N5O9P/c1-3-5-7-9-14-17-21-27-51-28-22-18-15-12-11-13-16-20-24-34(52-29-23-19-10-8-6-4-2)30-53-56(49,50)54-31-36-38(47)39(48)41(32-42,55-36)37-26-25-35-40(43)44-33-45-46(35)37/h25-26,33-34,36,38-39,47-48H,3-24,27-31H2,1-2H3,(H,49,50)(H2,43,44,45)/t34-,36-,38?,39+,41+/m1/s1. The fraction of sp³-hybridized carbons (Fsp3) is 0.829. The largest absolute Gasteiger partial charge is 0.472 e. The average molecular weight is 810 g/mol. The van der Waals surface area contributed by atoms with E-state index in [0.717, 1.165) is 58.2 Å². The van der Waals surface area contributed by atoms with Gasteiger partial charge < -0.3 is 35.1 Å². The molecule has 5 N–H and O–H groups in total. The van der Waals surface area contributed by atoms with Crippen molar-refractivity contribution in [3.8, 4) is 6.07 Å². The molecule has 1 aliphatic heterocycles. The first-order valence-corrected chi connectivity index (χ1v) is 23.0.